The zero-order valence-electron chi connectivity index (χ0n) is 9.17. The molecule has 0 heterocycles. The van der Waals surface area contributed by atoms with Crippen molar-refractivity contribution >= 4 is 16.3 Å². The summed E-state index contributed by atoms with van der Waals surface area (Å²) in [6, 6.07) is 9.40. The predicted molar refractivity (Wildman–Crippen MR) is 62.6 cm³/mol. The SMILES string of the molecule is CN(CC=O)S(=O)(=O)CCc1ccccc1. The zero-order chi connectivity index (χ0) is 12.0. The van der Waals surface area contributed by atoms with E-state index in [0.717, 1.165) is 9.87 Å². The van der Waals surface area contributed by atoms with Crippen LogP contribution < -0.4 is 0 Å². The largest absolute Gasteiger partial charge is 0.302 e. The Morgan fingerprint density at radius 2 is 1.88 bits per heavy atom. The average molecular weight is 241 g/mol. The fourth-order valence-electron chi connectivity index (χ4n) is 1.27. The van der Waals surface area contributed by atoms with Gasteiger partial charge in [-0.2, -0.15) is 4.31 Å². The molecule has 1 rings (SSSR count). The zero-order valence-corrected chi connectivity index (χ0v) is 9.98. The molecule has 4 nitrogen and oxygen atoms in total. The Kier molecular flexibility index (Phi) is 4.64. The fraction of sp³-hybridized carbons (Fsp3) is 0.364. The molecule has 0 N–H and O–H groups in total. The molecule has 0 aliphatic carbocycles. The van der Waals surface area contributed by atoms with Gasteiger partial charge in [-0.05, 0) is 12.0 Å². The van der Waals surface area contributed by atoms with Crippen molar-refractivity contribution < 1.29 is 13.2 Å². The maximum atomic E-state index is 11.7. The van der Waals surface area contributed by atoms with E-state index >= 15 is 0 Å². The number of carbonyl (C=O) groups excluding carboxylic acids is 1. The van der Waals surface area contributed by atoms with Crippen LogP contribution in [0, 0.1) is 0 Å². The highest BCUT2D eigenvalue weighted by Gasteiger charge is 2.16. The number of hydrogen-bond acceptors (Lipinski definition) is 3. The van der Waals surface area contributed by atoms with Crippen molar-refractivity contribution in [3.63, 3.8) is 0 Å². The predicted octanol–water partition coefficient (Wildman–Crippen LogP) is 0.690. The monoisotopic (exact) mass is 241 g/mol. The molecule has 0 fully saturated rings. The van der Waals surface area contributed by atoms with E-state index in [4.69, 9.17) is 0 Å². The summed E-state index contributed by atoms with van der Waals surface area (Å²) >= 11 is 0. The molecule has 5 heteroatoms. The van der Waals surface area contributed by atoms with Crippen LogP contribution in [0.2, 0.25) is 0 Å². The first-order chi connectivity index (χ1) is 7.56. The quantitative estimate of drug-likeness (QED) is 0.689. The van der Waals surface area contributed by atoms with E-state index in [2.05, 4.69) is 0 Å². The lowest BCUT2D eigenvalue weighted by Crippen LogP contribution is -2.31. The molecule has 0 bridgehead atoms. The highest BCUT2D eigenvalue weighted by atomic mass is 32.2. The van der Waals surface area contributed by atoms with Gasteiger partial charge < -0.3 is 4.79 Å². The van der Waals surface area contributed by atoms with Gasteiger partial charge in [0.2, 0.25) is 10.0 Å². The first kappa shape index (κ1) is 12.9. The van der Waals surface area contributed by atoms with E-state index in [1.165, 1.54) is 7.05 Å². The van der Waals surface area contributed by atoms with Gasteiger partial charge in [-0.1, -0.05) is 30.3 Å². The van der Waals surface area contributed by atoms with Gasteiger partial charge >= 0.3 is 0 Å². The molecule has 1 aromatic carbocycles. The van der Waals surface area contributed by atoms with E-state index in [1.54, 1.807) is 0 Å². The van der Waals surface area contributed by atoms with E-state index in [9.17, 15) is 13.2 Å². The molecule has 0 aromatic heterocycles. The van der Waals surface area contributed by atoms with Gasteiger partial charge in [0.1, 0.15) is 6.29 Å². The van der Waals surface area contributed by atoms with Crippen LogP contribution in [0.4, 0.5) is 0 Å². The van der Waals surface area contributed by atoms with Gasteiger partial charge in [-0.15, -0.1) is 0 Å². The molecule has 0 aliphatic rings. The Labute approximate surface area is 95.9 Å². The summed E-state index contributed by atoms with van der Waals surface area (Å²) in [4.78, 5) is 10.2. The van der Waals surface area contributed by atoms with Crippen molar-refractivity contribution in [2.24, 2.45) is 0 Å². The molecular formula is C11H15NO3S. The molecule has 0 saturated carbocycles. The molecule has 0 aliphatic heterocycles. The van der Waals surface area contributed by atoms with Crippen LogP contribution in [0.1, 0.15) is 5.56 Å². The Bertz CT molecular complexity index is 428. The standard InChI is InChI=1S/C11H15NO3S/c1-12(8-9-13)16(14,15)10-7-11-5-3-2-4-6-11/h2-6,9H,7-8,10H2,1H3. The van der Waals surface area contributed by atoms with Crippen molar-refractivity contribution in [3.05, 3.63) is 35.9 Å². The van der Waals surface area contributed by atoms with Crippen molar-refractivity contribution in [1.82, 2.24) is 4.31 Å². The number of carbonyl (C=O) groups is 1. The second-order valence-corrected chi connectivity index (χ2v) is 5.69. The van der Waals surface area contributed by atoms with E-state index in [0.29, 0.717) is 12.7 Å². The summed E-state index contributed by atoms with van der Waals surface area (Å²) < 4.78 is 24.4. The minimum Gasteiger partial charge on any atom is -0.302 e. The summed E-state index contributed by atoms with van der Waals surface area (Å²) in [7, 11) is -1.91. The van der Waals surface area contributed by atoms with Crippen molar-refractivity contribution in [2.75, 3.05) is 19.3 Å². The Morgan fingerprint density at radius 1 is 1.25 bits per heavy atom. The Morgan fingerprint density at radius 3 is 2.44 bits per heavy atom. The first-order valence-corrected chi connectivity index (χ1v) is 6.59. The van der Waals surface area contributed by atoms with Gasteiger partial charge in [0.25, 0.3) is 0 Å². The van der Waals surface area contributed by atoms with Crippen molar-refractivity contribution in [1.29, 1.82) is 0 Å². The summed E-state index contributed by atoms with van der Waals surface area (Å²) in [5, 5.41) is 0. The van der Waals surface area contributed by atoms with Crippen LogP contribution in [0.15, 0.2) is 30.3 Å². The number of benzene rings is 1. The van der Waals surface area contributed by atoms with E-state index in [1.807, 2.05) is 30.3 Å². The van der Waals surface area contributed by atoms with E-state index in [-0.39, 0.29) is 12.3 Å². The molecule has 0 atom stereocenters. The smallest absolute Gasteiger partial charge is 0.214 e. The molecule has 1 aromatic rings. The normalized spacial score (nSPS) is 11.6. The topological polar surface area (TPSA) is 54.5 Å². The highest BCUT2D eigenvalue weighted by Crippen LogP contribution is 2.04. The molecule has 0 amide bonds. The van der Waals surface area contributed by atoms with Crippen molar-refractivity contribution in [3.8, 4) is 0 Å². The Balaban J connectivity index is 2.58. The fourth-order valence-corrected chi connectivity index (χ4v) is 2.36. The lowest BCUT2D eigenvalue weighted by atomic mass is 10.2. The van der Waals surface area contributed by atoms with Crippen LogP contribution in [-0.4, -0.2) is 38.4 Å². The van der Waals surface area contributed by atoms with Crippen LogP contribution >= 0.6 is 0 Å². The number of nitrogens with zero attached hydrogens (tertiary/aromatic N) is 1. The number of aryl methyl sites for hydroxylation is 1. The molecule has 0 unspecified atom stereocenters. The number of aldehydes is 1. The van der Waals surface area contributed by atoms with Crippen LogP contribution in [0.25, 0.3) is 0 Å². The number of sulfonamides is 1. The second-order valence-electron chi connectivity index (χ2n) is 3.50. The third kappa shape index (κ3) is 3.75. The molecule has 16 heavy (non-hydrogen) atoms. The summed E-state index contributed by atoms with van der Waals surface area (Å²) in [6.07, 6.45) is 1.05. The number of hydrogen-bond donors (Lipinski definition) is 0. The average Bonchev–Trinajstić information content (AvgIpc) is 2.28. The number of rotatable bonds is 6. The van der Waals surface area contributed by atoms with Crippen LogP contribution in [-0.2, 0) is 21.2 Å². The molecule has 0 spiro atoms. The van der Waals surface area contributed by atoms with Crippen molar-refractivity contribution in [2.45, 2.75) is 6.42 Å². The minimum absolute atomic E-state index is 0.0291. The first-order valence-electron chi connectivity index (χ1n) is 4.98. The van der Waals surface area contributed by atoms with Gasteiger partial charge in [0.15, 0.2) is 0 Å². The van der Waals surface area contributed by atoms with E-state index < -0.39 is 10.0 Å². The lowest BCUT2D eigenvalue weighted by molar-refractivity contribution is -0.107. The Hall–Kier alpha value is -1.20. The van der Waals surface area contributed by atoms with Gasteiger partial charge in [-0.3, -0.25) is 0 Å². The maximum absolute atomic E-state index is 11.7. The van der Waals surface area contributed by atoms with Crippen LogP contribution in [0.5, 0.6) is 0 Å². The highest BCUT2D eigenvalue weighted by molar-refractivity contribution is 7.89. The summed E-state index contributed by atoms with van der Waals surface area (Å²) in [5.74, 6) is 0.0291. The number of likely N-dealkylation sites (N-methyl/N-ethyl adjacent to an activating group) is 1. The third-order valence-corrected chi connectivity index (χ3v) is 4.12. The third-order valence-electron chi connectivity index (χ3n) is 2.30. The minimum atomic E-state index is -3.32. The summed E-state index contributed by atoms with van der Waals surface area (Å²) in [6.45, 7) is -0.0862. The second kappa shape index (κ2) is 5.77. The molecular weight excluding hydrogens is 226 g/mol. The van der Waals surface area contributed by atoms with Gasteiger partial charge in [0.05, 0.1) is 12.3 Å². The molecule has 0 saturated heterocycles. The van der Waals surface area contributed by atoms with Gasteiger partial charge in [-0.25, -0.2) is 8.42 Å². The lowest BCUT2D eigenvalue weighted by Gasteiger charge is -2.13. The van der Waals surface area contributed by atoms with Gasteiger partial charge in [0, 0.05) is 7.05 Å². The molecule has 0 radical (unpaired) electrons. The molecule has 88 valence electrons. The van der Waals surface area contributed by atoms with Crippen LogP contribution in [0.3, 0.4) is 0 Å². The summed E-state index contributed by atoms with van der Waals surface area (Å²) in [5.41, 5.74) is 0.977. The maximum Gasteiger partial charge on any atom is 0.214 e.